The molecule has 21 heavy (non-hydrogen) atoms. The molecule has 0 spiro atoms. The van der Waals surface area contributed by atoms with Crippen LogP contribution in [0.25, 0.3) is 0 Å². The number of fused-ring (bicyclic) bond motifs is 6. The van der Waals surface area contributed by atoms with Crippen LogP contribution >= 0.6 is 23.5 Å². The topological polar surface area (TPSA) is 43.1 Å². The highest BCUT2D eigenvalue weighted by Crippen LogP contribution is 2.27. The van der Waals surface area contributed by atoms with Crippen LogP contribution in [0.2, 0.25) is 0 Å². The summed E-state index contributed by atoms with van der Waals surface area (Å²) in [5, 5.41) is 11.1. The number of nitro benzene ring substituents is 1. The van der Waals surface area contributed by atoms with E-state index in [9.17, 15) is 10.1 Å². The van der Waals surface area contributed by atoms with E-state index in [0.717, 1.165) is 34.1 Å². The summed E-state index contributed by atoms with van der Waals surface area (Å²) in [7, 11) is 0. The SMILES string of the molecule is O=[N+]([O-])c1cc2cc(c1)CSCc1ccc(cc1)CSC2. The fourth-order valence-electron chi connectivity index (χ4n) is 2.32. The molecular formula is C16H15NO2S2. The van der Waals surface area contributed by atoms with Gasteiger partial charge in [-0.05, 0) is 22.3 Å². The lowest BCUT2D eigenvalue weighted by atomic mass is 10.1. The Labute approximate surface area is 132 Å². The molecule has 3 nitrogen and oxygen atoms in total. The van der Waals surface area contributed by atoms with Crippen LogP contribution in [-0.2, 0) is 23.0 Å². The Bertz CT molecular complexity index is 609. The van der Waals surface area contributed by atoms with Crippen molar-refractivity contribution < 1.29 is 4.92 Å². The minimum Gasteiger partial charge on any atom is -0.258 e. The minimum absolute atomic E-state index is 0.207. The van der Waals surface area contributed by atoms with E-state index in [2.05, 4.69) is 30.3 Å². The molecule has 0 atom stereocenters. The first kappa shape index (κ1) is 14.5. The highest BCUT2D eigenvalue weighted by Gasteiger charge is 2.11. The molecule has 2 aliphatic heterocycles. The van der Waals surface area contributed by atoms with Crippen molar-refractivity contribution in [2.24, 2.45) is 0 Å². The summed E-state index contributed by atoms with van der Waals surface area (Å²) in [6.45, 7) is 0. The smallest absolute Gasteiger partial charge is 0.258 e. The molecule has 0 saturated heterocycles. The van der Waals surface area contributed by atoms with E-state index in [1.807, 2.05) is 0 Å². The van der Waals surface area contributed by atoms with Crippen molar-refractivity contribution in [3.05, 3.63) is 74.8 Å². The zero-order chi connectivity index (χ0) is 14.7. The second kappa shape index (κ2) is 6.54. The molecule has 0 radical (unpaired) electrons. The van der Waals surface area contributed by atoms with Gasteiger partial charge >= 0.3 is 0 Å². The van der Waals surface area contributed by atoms with Gasteiger partial charge < -0.3 is 0 Å². The fourth-order valence-corrected chi connectivity index (χ4v) is 4.19. The number of nitro groups is 1. The van der Waals surface area contributed by atoms with Gasteiger partial charge in [-0.1, -0.05) is 30.3 Å². The molecule has 0 amide bonds. The van der Waals surface area contributed by atoms with E-state index < -0.39 is 0 Å². The molecule has 0 fully saturated rings. The first-order chi connectivity index (χ1) is 10.2. The van der Waals surface area contributed by atoms with Crippen LogP contribution in [0.5, 0.6) is 0 Å². The van der Waals surface area contributed by atoms with Crippen molar-refractivity contribution in [2.75, 3.05) is 0 Å². The Balaban J connectivity index is 1.89. The quantitative estimate of drug-likeness (QED) is 0.561. The molecule has 0 saturated carbocycles. The third-order valence-electron chi connectivity index (χ3n) is 3.35. The summed E-state index contributed by atoms with van der Waals surface area (Å²) < 4.78 is 0. The Kier molecular flexibility index (Phi) is 4.51. The summed E-state index contributed by atoms with van der Waals surface area (Å²) >= 11 is 3.59. The highest BCUT2D eigenvalue weighted by molar-refractivity contribution is 7.98. The second-order valence-corrected chi connectivity index (χ2v) is 7.04. The van der Waals surface area contributed by atoms with Crippen LogP contribution in [0.3, 0.4) is 0 Å². The van der Waals surface area contributed by atoms with Crippen LogP contribution in [0.4, 0.5) is 5.69 Å². The Morgan fingerprint density at radius 1 is 0.762 bits per heavy atom. The molecule has 0 unspecified atom stereocenters. The van der Waals surface area contributed by atoms with E-state index in [-0.39, 0.29) is 10.6 Å². The molecule has 5 heteroatoms. The first-order valence-corrected chi connectivity index (χ1v) is 9.02. The summed E-state index contributed by atoms with van der Waals surface area (Å²) in [5.74, 6) is 3.49. The normalized spacial score (nSPS) is 14.9. The molecule has 4 bridgehead atoms. The summed E-state index contributed by atoms with van der Waals surface area (Å²) in [4.78, 5) is 10.8. The number of benzene rings is 2. The number of non-ortho nitro benzene ring substituents is 1. The van der Waals surface area contributed by atoms with E-state index in [1.165, 1.54) is 11.1 Å². The van der Waals surface area contributed by atoms with Crippen molar-refractivity contribution in [3.63, 3.8) is 0 Å². The van der Waals surface area contributed by atoms with Crippen LogP contribution < -0.4 is 0 Å². The molecule has 2 aliphatic rings. The van der Waals surface area contributed by atoms with E-state index in [4.69, 9.17) is 0 Å². The molecule has 2 aromatic rings. The largest absolute Gasteiger partial charge is 0.270 e. The van der Waals surface area contributed by atoms with Gasteiger partial charge in [-0.25, -0.2) is 0 Å². The van der Waals surface area contributed by atoms with Gasteiger partial charge in [-0.3, -0.25) is 10.1 Å². The maximum atomic E-state index is 11.1. The van der Waals surface area contributed by atoms with Gasteiger partial charge in [0.2, 0.25) is 0 Å². The van der Waals surface area contributed by atoms with Gasteiger partial charge in [0.1, 0.15) is 0 Å². The van der Waals surface area contributed by atoms with Gasteiger partial charge in [0.05, 0.1) is 4.92 Å². The maximum absolute atomic E-state index is 11.1. The molecule has 0 aliphatic carbocycles. The highest BCUT2D eigenvalue weighted by atomic mass is 32.2. The summed E-state index contributed by atoms with van der Waals surface area (Å²) in [6, 6.07) is 14.2. The lowest BCUT2D eigenvalue weighted by molar-refractivity contribution is -0.385. The van der Waals surface area contributed by atoms with Gasteiger partial charge in [-0.2, -0.15) is 23.5 Å². The molecule has 2 heterocycles. The van der Waals surface area contributed by atoms with Crippen molar-refractivity contribution in [1.29, 1.82) is 0 Å². The van der Waals surface area contributed by atoms with Crippen LogP contribution in [0.1, 0.15) is 22.3 Å². The molecular weight excluding hydrogens is 302 g/mol. The molecule has 4 rings (SSSR count). The second-order valence-electron chi connectivity index (χ2n) is 5.07. The van der Waals surface area contributed by atoms with Gasteiger partial charge in [0.25, 0.3) is 5.69 Å². The molecule has 0 N–H and O–H groups in total. The van der Waals surface area contributed by atoms with E-state index in [0.29, 0.717) is 0 Å². The monoisotopic (exact) mass is 317 g/mol. The third-order valence-corrected chi connectivity index (χ3v) is 5.50. The number of rotatable bonds is 1. The van der Waals surface area contributed by atoms with Crippen LogP contribution in [-0.4, -0.2) is 4.92 Å². The number of hydrogen-bond acceptors (Lipinski definition) is 4. The van der Waals surface area contributed by atoms with Crippen molar-refractivity contribution >= 4 is 29.2 Å². The predicted octanol–water partition coefficient (Wildman–Crippen LogP) is 4.78. The standard InChI is InChI=1S/C16H15NO2S2/c18-17(19)16-6-14-5-15(7-16)11-21-9-13-2-1-12(3-4-13)8-20-10-14/h1-7H,8-11H2. The fraction of sp³-hybridized carbons (Fsp3) is 0.250. The first-order valence-electron chi connectivity index (χ1n) is 6.71. The van der Waals surface area contributed by atoms with E-state index >= 15 is 0 Å². The van der Waals surface area contributed by atoms with Crippen molar-refractivity contribution in [3.8, 4) is 0 Å². The molecule has 108 valence electrons. The molecule has 2 aromatic carbocycles. The van der Waals surface area contributed by atoms with Crippen molar-refractivity contribution in [1.82, 2.24) is 0 Å². The predicted molar refractivity (Wildman–Crippen MR) is 89.5 cm³/mol. The lowest BCUT2D eigenvalue weighted by Crippen LogP contribution is -1.93. The Morgan fingerprint density at radius 2 is 1.19 bits per heavy atom. The zero-order valence-corrected chi connectivity index (χ0v) is 13.1. The van der Waals surface area contributed by atoms with Crippen LogP contribution in [0.15, 0.2) is 42.5 Å². The van der Waals surface area contributed by atoms with Crippen LogP contribution in [0, 0.1) is 10.1 Å². The Morgan fingerprint density at radius 3 is 1.62 bits per heavy atom. The maximum Gasteiger partial charge on any atom is 0.270 e. The van der Waals surface area contributed by atoms with Crippen molar-refractivity contribution in [2.45, 2.75) is 23.0 Å². The lowest BCUT2D eigenvalue weighted by Gasteiger charge is -2.05. The summed E-state index contributed by atoms with van der Waals surface area (Å²) in [6.07, 6.45) is 0. The van der Waals surface area contributed by atoms with Gasteiger partial charge in [0.15, 0.2) is 0 Å². The number of hydrogen-bond donors (Lipinski definition) is 0. The number of thioether (sulfide) groups is 2. The van der Waals surface area contributed by atoms with Gasteiger partial charge in [0, 0.05) is 35.1 Å². The molecule has 0 aromatic heterocycles. The number of nitrogens with zero attached hydrogens (tertiary/aromatic N) is 1. The average Bonchev–Trinajstić information content (AvgIpc) is 2.50. The third kappa shape index (κ3) is 3.80. The summed E-state index contributed by atoms with van der Waals surface area (Å²) in [5.41, 5.74) is 4.90. The Hall–Kier alpha value is -1.46. The minimum atomic E-state index is -0.295. The van der Waals surface area contributed by atoms with Gasteiger partial charge in [-0.15, -0.1) is 0 Å². The average molecular weight is 317 g/mol. The van der Waals surface area contributed by atoms with E-state index in [1.54, 1.807) is 35.7 Å². The zero-order valence-electron chi connectivity index (χ0n) is 11.5.